The Labute approximate surface area is 142 Å². The molecule has 0 unspecified atom stereocenters. The predicted molar refractivity (Wildman–Crippen MR) is 81.9 cm³/mol. The fourth-order valence-electron chi connectivity index (χ4n) is 2.10. The number of halogens is 4. The Bertz CT molecular complexity index is 763. The molecule has 1 atom stereocenters. The Morgan fingerprint density at radius 1 is 1.17 bits per heavy atom. The molecule has 0 radical (unpaired) electrons. The van der Waals surface area contributed by atoms with Gasteiger partial charge < -0.3 is 20.7 Å². The molecule has 5 nitrogen and oxygen atoms in total. The van der Waals surface area contributed by atoms with Gasteiger partial charge in [-0.2, -0.15) is 0 Å². The molecule has 0 saturated carbocycles. The molecule has 0 heterocycles. The third-order valence-electron chi connectivity index (χ3n) is 3.18. The van der Waals surface area contributed by atoms with Crippen LogP contribution in [0.3, 0.4) is 0 Å². The summed E-state index contributed by atoms with van der Waals surface area (Å²) in [6.45, 7) is 0. The lowest BCUT2D eigenvalue weighted by molar-refractivity contribution is -0.274. The first-order valence-electron chi connectivity index (χ1n) is 6.46. The Morgan fingerprint density at radius 3 is 2.25 bits per heavy atom. The average molecular weight is 406 g/mol. The molecule has 0 bridgehead atoms. The SMILES string of the molecule is N[C@H](c1ccc(OC(F)(F)F)cc1)c1c(Br)ccc(C(=O)O)c1O. The molecule has 0 aliphatic rings. The third-order valence-corrected chi connectivity index (χ3v) is 3.87. The van der Waals surface area contributed by atoms with E-state index >= 15 is 0 Å². The Hall–Kier alpha value is -2.26. The van der Waals surface area contributed by atoms with Crippen LogP contribution in [-0.4, -0.2) is 22.5 Å². The van der Waals surface area contributed by atoms with E-state index < -0.39 is 29.9 Å². The second-order valence-corrected chi connectivity index (χ2v) is 5.61. The van der Waals surface area contributed by atoms with Crippen LogP contribution in [0.4, 0.5) is 13.2 Å². The fourth-order valence-corrected chi connectivity index (χ4v) is 2.66. The predicted octanol–water partition coefficient (Wildman–Crippen LogP) is 3.80. The molecule has 2 aromatic carbocycles. The molecule has 24 heavy (non-hydrogen) atoms. The maximum atomic E-state index is 12.1. The van der Waals surface area contributed by atoms with Gasteiger partial charge in [0.05, 0.1) is 6.04 Å². The number of aromatic carboxylic acids is 1. The van der Waals surface area contributed by atoms with Crippen LogP contribution in [0.5, 0.6) is 11.5 Å². The number of carboxylic acids is 1. The zero-order valence-electron chi connectivity index (χ0n) is 11.8. The van der Waals surface area contributed by atoms with Crippen LogP contribution < -0.4 is 10.5 Å². The smallest absolute Gasteiger partial charge is 0.507 e. The second kappa shape index (κ2) is 6.70. The van der Waals surface area contributed by atoms with Crippen LogP contribution in [0.2, 0.25) is 0 Å². The number of nitrogens with two attached hydrogens (primary N) is 1. The number of phenols is 1. The fraction of sp³-hybridized carbons (Fsp3) is 0.133. The summed E-state index contributed by atoms with van der Waals surface area (Å²) in [6.07, 6.45) is -4.80. The minimum Gasteiger partial charge on any atom is -0.507 e. The molecule has 0 amide bonds. The van der Waals surface area contributed by atoms with Crippen molar-refractivity contribution in [2.24, 2.45) is 5.73 Å². The van der Waals surface area contributed by atoms with Crippen LogP contribution in [0.15, 0.2) is 40.9 Å². The highest BCUT2D eigenvalue weighted by molar-refractivity contribution is 9.10. The van der Waals surface area contributed by atoms with Crippen LogP contribution in [0.25, 0.3) is 0 Å². The monoisotopic (exact) mass is 405 g/mol. The maximum absolute atomic E-state index is 12.1. The minimum atomic E-state index is -4.80. The molecular formula is C15H11BrF3NO4. The molecule has 0 spiro atoms. The van der Waals surface area contributed by atoms with E-state index in [2.05, 4.69) is 20.7 Å². The highest BCUT2D eigenvalue weighted by atomic mass is 79.9. The molecule has 0 aliphatic carbocycles. The summed E-state index contributed by atoms with van der Waals surface area (Å²) >= 11 is 3.18. The molecule has 128 valence electrons. The first kappa shape index (κ1) is 18.1. The van der Waals surface area contributed by atoms with Gasteiger partial charge in [0.25, 0.3) is 0 Å². The van der Waals surface area contributed by atoms with E-state index in [0.29, 0.717) is 10.0 Å². The lowest BCUT2D eigenvalue weighted by Gasteiger charge is -2.18. The summed E-state index contributed by atoms with van der Waals surface area (Å²) in [4.78, 5) is 11.1. The van der Waals surface area contributed by atoms with E-state index in [4.69, 9.17) is 10.8 Å². The maximum Gasteiger partial charge on any atom is 0.573 e. The zero-order chi connectivity index (χ0) is 18.1. The van der Waals surface area contributed by atoms with Gasteiger partial charge >= 0.3 is 12.3 Å². The van der Waals surface area contributed by atoms with Gasteiger partial charge in [0, 0.05) is 10.0 Å². The summed E-state index contributed by atoms with van der Waals surface area (Å²) in [5, 5.41) is 19.2. The van der Waals surface area contributed by atoms with E-state index in [9.17, 15) is 23.1 Å². The van der Waals surface area contributed by atoms with Crippen LogP contribution in [0.1, 0.15) is 27.5 Å². The normalized spacial score (nSPS) is 12.7. The van der Waals surface area contributed by atoms with Gasteiger partial charge in [0.2, 0.25) is 0 Å². The third kappa shape index (κ3) is 3.98. The molecule has 4 N–H and O–H groups in total. The van der Waals surface area contributed by atoms with Gasteiger partial charge in [0.1, 0.15) is 17.1 Å². The van der Waals surface area contributed by atoms with Gasteiger partial charge in [-0.15, -0.1) is 13.2 Å². The average Bonchev–Trinajstić information content (AvgIpc) is 2.45. The van der Waals surface area contributed by atoms with Crippen molar-refractivity contribution < 1.29 is 32.9 Å². The van der Waals surface area contributed by atoms with Crippen molar-refractivity contribution in [1.29, 1.82) is 0 Å². The molecule has 0 saturated heterocycles. The lowest BCUT2D eigenvalue weighted by atomic mass is 9.96. The Balaban J connectivity index is 2.37. The van der Waals surface area contributed by atoms with E-state index in [1.807, 2.05) is 0 Å². The number of ether oxygens (including phenoxy) is 1. The summed E-state index contributed by atoms with van der Waals surface area (Å²) in [5.74, 6) is -2.26. The second-order valence-electron chi connectivity index (χ2n) is 4.76. The highest BCUT2D eigenvalue weighted by Gasteiger charge is 2.31. The number of alkyl halides is 3. The molecule has 2 rings (SSSR count). The Morgan fingerprint density at radius 2 is 1.75 bits per heavy atom. The number of rotatable bonds is 4. The number of hydrogen-bond donors (Lipinski definition) is 3. The van der Waals surface area contributed by atoms with Gasteiger partial charge in [0.15, 0.2) is 0 Å². The number of carbonyl (C=O) groups is 1. The molecule has 0 aromatic heterocycles. The van der Waals surface area contributed by atoms with Gasteiger partial charge in [-0.1, -0.05) is 28.1 Å². The van der Waals surface area contributed by atoms with Crippen LogP contribution in [-0.2, 0) is 0 Å². The zero-order valence-corrected chi connectivity index (χ0v) is 13.4. The molecule has 2 aromatic rings. The van der Waals surface area contributed by atoms with Gasteiger partial charge in [-0.25, -0.2) is 4.79 Å². The van der Waals surface area contributed by atoms with Crippen molar-refractivity contribution in [3.8, 4) is 11.5 Å². The number of benzene rings is 2. The number of carboxylic acid groups (broad SMARTS) is 1. The van der Waals surface area contributed by atoms with Crippen molar-refractivity contribution in [3.63, 3.8) is 0 Å². The molecular weight excluding hydrogens is 395 g/mol. The first-order valence-corrected chi connectivity index (χ1v) is 7.25. The van der Waals surface area contributed by atoms with E-state index in [1.165, 1.54) is 24.3 Å². The van der Waals surface area contributed by atoms with Crippen molar-refractivity contribution in [3.05, 3.63) is 57.6 Å². The number of aromatic hydroxyl groups is 1. The quantitative estimate of drug-likeness (QED) is 0.719. The lowest BCUT2D eigenvalue weighted by Crippen LogP contribution is -2.17. The summed E-state index contributed by atoms with van der Waals surface area (Å²) in [7, 11) is 0. The van der Waals surface area contributed by atoms with Crippen molar-refractivity contribution >= 4 is 21.9 Å². The standard InChI is InChI=1S/C15H11BrF3NO4/c16-10-6-5-9(14(22)23)13(21)11(10)12(20)7-1-3-8(4-2-7)24-15(17,18)19/h1-6,12,21H,20H2,(H,22,23)/t12-/m1/s1. The molecule has 0 aliphatic heterocycles. The van der Waals surface area contributed by atoms with Crippen molar-refractivity contribution in [2.45, 2.75) is 12.4 Å². The number of hydrogen-bond acceptors (Lipinski definition) is 4. The van der Waals surface area contributed by atoms with Gasteiger partial charge in [-0.3, -0.25) is 0 Å². The summed E-state index contributed by atoms with van der Waals surface area (Å²) in [5.41, 5.74) is 6.16. The molecule has 0 fully saturated rings. The largest absolute Gasteiger partial charge is 0.573 e. The van der Waals surface area contributed by atoms with Crippen molar-refractivity contribution in [2.75, 3.05) is 0 Å². The van der Waals surface area contributed by atoms with Gasteiger partial charge in [-0.05, 0) is 29.8 Å². The first-order chi connectivity index (χ1) is 11.1. The highest BCUT2D eigenvalue weighted by Crippen LogP contribution is 2.37. The molecule has 9 heteroatoms. The summed E-state index contributed by atoms with van der Waals surface area (Å²) < 4.78 is 40.6. The van der Waals surface area contributed by atoms with E-state index in [-0.39, 0.29) is 11.1 Å². The van der Waals surface area contributed by atoms with Crippen LogP contribution in [0, 0.1) is 0 Å². The van der Waals surface area contributed by atoms with Crippen LogP contribution >= 0.6 is 15.9 Å². The minimum absolute atomic E-state index is 0.111. The van der Waals surface area contributed by atoms with E-state index in [0.717, 1.165) is 12.1 Å². The van der Waals surface area contributed by atoms with E-state index in [1.54, 1.807) is 0 Å². The summed E-state index contributed by atoms with van der Waals surface area (Å²) in [6, 6.07) is 6.41. The Kier molecular flexibility index (Phi) is 5.05. The topological polar surface area (TPSA) is 92.8 Å². The van der Waals surface area contributed by atoms with Crippen molar-refractivity contribution in [1.82, 2.24) is 0 Å².